The van der Waals surface area contributed by atoms with Gasteiger partial charge in [0.15, 0.2) is 5.79 Å². The summed E-state index contributed by atoms with van der Waals surface area (Å²) in [5.74, 6) is 0.348. The van der Waals surface area contributed by atoms with Gasteiger partial charge in [-0.25, -0.2) is 15.0 Å². The molecule has 0 atom stereocenters. The maximum Gasteiger partial charge on any atom is 0.224 e. The van der Waals surface area contributed by atoms with Crippen LogP contribution >= 0.6 is 0 Å². The van der Waals surface area contributed by atoms with Gasteiger partial charge in [-0.2, -0.15) is 0 Å². The minimum Gasteiger partial charge on any atom is -0.474 e. The van der Waals surface area contributed by atoms with Crippen LogP contribution < -0.4 is 10.5 Å². The van der Waals surface area contributed by atoms with Crippen molar-refractivity contribution in [2.75, 3.05) is 32.2 Å². The standard InChI is InChI=1S/C20H24N4O4/c21-19-23-12-16-17(24-19)15(11-22-18(16)28-14-3-7-25-8-4-14)13-1-5-20(6-2-13)26-9-10-27-20/h1,11-12,14H,2-10H2,(H2,21,23,24). The third kappa shape index (κ3) is 3.32. The maximum atomic E-state index is 6.16. The fourth-order valence-electron chi connectivity index (χ4n) is 4.10. The molecule has 2 N–H and O–H groups in total. The molecule has 2 aromatic heterocycles. The van der Waals surface area contributed by atoms with E-state index in [1.807, 2.05) is 6.20 Å². The van der Waals surface area contributed by atoms with Crippen LogP contribution in [0.4, 0.5) is 5.95 Å². The highest BCUT2D eigenvalue weighted by Crippen LogP contribution is 2.40. The molecule has 1 spiro atoms. The molecule has 0 bridgehead atoms. The molecular weight excluding hydrogens is 360 g/mol. The second-order valence-corrected chi connectivity index (χ2v) is 7.44. The summed E-state index contributed by atoms with van der Waals surface area (Å²) in [6.45, 7) is 2.75. The Morgan fingerprint density at radius 1 is 1.07 bits per heavy atom. The lowest BCUT2D eigenvalue weighted by molar-refractivity contribution is -0.159. The van der Waals surface area contributed by atoms with Crippen molar-refractivity contribution >= 4 is 22.4 Å². The molecule has 0 aromatic carbocycles. The van der Waals surface area contributed by atoms with Crippen LogP contribution in [-0.4, -0.2) is 53.3 Å². The topological polar surface area (TPSA) is 102 Å². The van der Waals surface area contributed by atoms with Gasteiger partial charge in [-0.3, -0.25) is 0 Å². The first-order valence-electron chi connectivity index (χ1n) is 9.85. The zero-order chi connectivity index (χ0) is 19.0. The van der Waals surface area contributed by atoms with E-state index < -0.39 is 5.79 Å². The van der Waals surface area contributed by atoms with Crippen molar-refractivity contribution in [3.8, 4) is 5.88 Å². The first kappa shape index (κ1) is 17.8. The summed E-state index contributed by atoms with van der Waals surface area (Å²) in [5, 5.41) is 0.785. The molecule has 0 unspecified atom stereocenters. The average Bonchev–Trinajstić information content (AvgIpc) is 3.18. The maximum absolute atomic E-state index is 6.16. The number of anilines is 1. The van der Waals surface area contributed by atoms with Gasteiger partial charge in [0.25, 0.3) is 0 Å². The Bertz CT molecular complexity index is 904. The van der Waals surface area contributed by atoms with Crippen LogP contribution in [-0.2, 0) is 14.2 Å². The summed E-state index contributed by atoms with van der Waals surface area (Å²) in [6.07, 6.45) is 9.90. The van der Waals surface area contributed by atoms with Crippen LogP contribution in [0.2, 0.25) is 0 Å². The van der Waals surface area contributed by atoms with Crippen LogP contribution in [0.5, 0.6) is 5.88 Å². The summed E-state index contributed by atoms with van der Waals surface area (Å²) < 4.78 is 23.2. The van der Waals surface area contributed by atoms with Crippen molar-refractivity contribution in [2.45, 2.75) is 44.0 Å². The van der Waals surface area contributed by atoms with Crippen molar-refractivity contribution in [3.05, 3.63) is 24.0 Å². The van der Waals surface area contributed by atoms with Gasteiger partial charge in [-0.15, -0.1) is 0 Å². The van der Waals surface area contributed by atoms with E-state index in [1.54, 1.807) is 6.20 Å². The Hall–Kier alpha value is -2.29. The molecule has 2 aliphatic heterocycles. The van der Waals surface area contributed by atoms with Gasteiger partial charge < -0.3 is 24.7 Å². The number of hydrogen-bond acceptors (Lipinski definition) is 8. The van der Waals surface area contributed by atoms with Crippen molar-refractivity contribution in [2.24, 2.45) is 0 Å². The molecular formula is C20H24N4O4. The second kappa shape index (κ2) is 7.27. The van der Waals surface area contributed by atoms with Crippen molar-refractivity contribution in [1.82, 2.24) is 15.0 Å². The van der Waals surface area contributed by atoms with Crippen molar-refractivity contribution in [3.63, 3.8) is 0 Å². The van der Waals surface area contributed by atoms with E-state index in [2.05, 4.69) is 21.0 Å². The highest BCUT2D eigenvalue weighted by Gasteiger charge is 2.38. The fraction of sp³-hybridized carbons (Fsp3) is 0.550. The molecule has 4 heterocycles. The molecule has 2 aromatic rings. The minimum atomic E-state index is -0.452. The van der Waals surface area contributed by atoms with Crippen molar-refractivity contribution in [1.29, 1.82) is 0 Å². The van der Waals surface area contributed by atoms with Gasteiger partial charge >= 0.3 is 0 Å². The number of nitrogen functional groups attached to an aromatic ring is 1. The van der Waals surface area contributed by atoms with Gasteiger partial charge in [0, 0.05) is 43.6 Å². The quantitative estimate of drug-likeness (QED) is 0.861. The Morgan fingerprint density at radius 2 is 1.89 bits per heavy atom. The zero-order valence-corrected chi connectivity index (χ0v) is 15.7. The number of allylic oxidation sites excluding steroid dienone is 1. The predicted octanol–water partition coefficient (Wildman–Crippen LogP) is 2.48. The molecule has 0 amide bonds. The Morgan fingerprint density at radius 3 is 2.64 bits per heavy atom. The normalized spacial score (nSPS) is 22.5. The van der Waals surface area contributed by atoms with E-state index in [4.69, 9.17) is 24.7 Å². The molecule has 3 aliphatic rings. The average molecular weight is 384 g/mol. The fourth-order valence-corrected chi connectivity index (χ4v) is 4.10. The van der Waals surface area contributed by atoms with E-state index in [0.717, 1.165) is 48.6 Å². The molecule has 8 nitrogen and oxygen atoms in total. The van der Waals surface area contributed by atoms with Crippen LogP contribution in [0.3, 0.4) is 0 Å². The molecule has 5 rings (SSSR count). The minimum absolute atomic E-state index is 0.0956. The number of ether oxygens (including phenoxy) is 4. The van der Waals surface area contributed by atoms with Gasteiger partial charge in [0.05, 0.1) is 37.3 Å². The van der Waals surface area contributed by atoms with Crippen LogP contribution in [0.1, 0.15) is 37.7 Å². The number of aromatic nitrogens is 3. The lowest BCUT2D eigenvalue weighted by Crippen LogP contribution is -2.31. The van der Waals surface area contributed by atoms with Crippen LogP contribution in [0, 0.1) is 0 Å². The van der Waals surface area contributed by atoms with E-state index in [0.29, 0.717) is 32.3 Å². The Kier molecular flexibility index (Phi) is 4.62. The van der Waals surface area contributed by atoms with E-state index in [-0.39, 0.29) is 12.1 Å². The molecule has 2 fully saturated rings. The summed E-state index contributed by atoms with van der Waals surface area (Å²) in [4.78, 5) is 13.3. The SMILES string of the molecule is Nc1ncc2c(OC3CCOCC3)ncc(C3=CCC4(CC3)OCCO4)c2n1. The van der Waals surface area contributed by atoms with Crippen LogP contribution in [0.25, 0.3) is 16.5 Å². The van der Waals surface area contributed by atoms with Crippen LogP contribution in [0.15, 0.2) is 18.5 Å². The summed E-state index contributed by atoms with van der Waals surface area (Å²) in [7, 11) is 0. The third-order valence-corrected chi connectivity index (χ3v) is 5.64. The van der Waals surface area contributed by atoms with Gasteiger partial charge in [-0.1, -0.05) is 6.08 Å². The Balaban J connectivity index is 1.49. The number of hydrogen-bond donors (Lipinski definition) is 1. The Labute approximate surface area is 163 Å². The third-order valence-electron chi connectivity index (χ3n) is 5.64. The predicted molar refractivity (Wildman–Crippen MR) is 103 cm³/mol. The number of rotatable bonds is 3. The van der Waals surface area contributed by atoms with E-state index >= 15 is 0 Å². The number of fused-ring (bicyclic) bond motifs is 1. The van der Waals surface area contributed by atoms with Gasteiger partial charge in [-0.05, 0) is 12.0 Å². The number of nitrogens with zero attached hydrogens (tertiary/aromatic N) is 3. The number of pyridine rings is 1. The van der Waals surface area contributed by atoms with Gasteiger partial charge in [0.1, 0.15) is 6.10 Å². The van der Waals surface area contributed by atoms with E-state index in [9.17, 15) is 0 Å². The molecule has 8 heteroatoms. The smallest absolute Gasteiger partial charge is 0.224 e. The van der Waals surface area contributed by atoms with Crippen molar-refractivity contribution < 1.29 is 18.9 Å². The molecule has 28 heavy (non-hydrogen) atoms. The highest BCUT2D eigenvalue weighted by atomic mass is 16.7. The lowest BCUT2D eigenvalue weighted by Gasteiger charge is -2.31. The summed E-state index contributed by atoms with van der Waals surface area (Å²) in [5.41, 5.74) is 8.82. The monoisotopic (exact) mass is 384 g/mol. The molecule has 148 valence electrons. The lowest BCUT2D eigenvalue weighted by atomic mass is 9.89. The molecule has 2 saturated heterocycles. The van der Waals surface area contributed by atoms with E-state index in [1.165, 1.54) is 5.57 Å². The van der Waals surface area contributed by atoms with Gasteiger partial charge in [0.2, 0.25) is 11.8 Å². The molecule has 0 radical (unpaired) electrons. The first-order valence-corrected chi connectivity index (χ1v) is 9.85. The molecule has 0 saturated carbocycles. The number of nitrogens with two attached hydrogens (primary N) is 1. The molecule has 1 aliphatic carbocycles. The summed E-state index contributed by atoms with van der Waals surface area (Å²) in [6, 6.07) is 0. The largest absolute Gasteiger partial charge is 0.474 e. The zero-order valence-electron chi connectivity index (χ0n) is 15.7. The second-order valence-electron chi connectivity index (χ2n) is 7.44. The summed E-state index contributed by atoms with van der Waals surface area (Å²) >= 11 is 0. The first-order chi connectivity index (χ1) is 13.7. The highest BCUT2D eigenvalue weighted by molar-refractivity contribution is 5.93.